The van der Waals surface area contributed by atoms with Crippen LogP contribution in [0.4, 0.5) is 14.7 Å². The van der Waals surface area contributed by atoms with E-state index in [1.807, 2.05) is 0 Å². The Balaban J connectivity index is 1.68. The number of hydrogen-bond donors (Lipinski definition) is 1. The van der Waals surface area contributed by atoms with Crippen molar-refractivity contribution in [2.24, 2.45) is 0 Å². The molecule has 1 aliphatic carbocycles. The van der Waals surface area contributed by atoms with Crippen molar-refractivity contribution < 1.29 is 18.4 Å². The first-order valence-corrected chi connectivity index (χ1v) is 8.19. The quantitative estimate of drug-likeness (QED) is 0.865. The summed E-state index contributed by atoms with van der Waals surface area (Å²) < 4.78 is 26.2. The maximum atomic E-state index is 13.4. The minimum Gasteiger partial charge on any atom is -0.332 e. The van der Waals surface area contributed by atoms with E-state index in [0.29, 0.717) is 22.6 Å². The van der Waals surface area contributed by atoms with E-state index in [2.05, 4.69) is 15.3 Å². The van der Waals surface area contributed by atoms with Crippen molar-refractivity contribution in [3.8, 4) is 0 Å². The van der Waals surface area contributed by atoms with E-state index in [1.54, 1.807) is 12.1 Å². The number of hydrogen-bond acceptors (Lipinski definition) is 4. The van der Waals surface area contributed by atoms with E-state index < -0.39 is 23.8 Å². The van der Waals surface area contributed by atoms with Crippen LogP contribution < -0.4 is 5.32 Å². The maximum absolute atomic E-state index is 13.4. The monoisotopic (exact) mass is 380 g/mol. The van der Waals surface area contributed by atoms with E-state index >= 15 is 0 Å². The third-order valence-corrected chi connectivity index (χ3v) is 4.19. The molecule has 0 radical (unpaired) electrons. The third-order valence-electron chi connectivity index (χ3n) is 3.96. The molecule has 1 aromatic heterocycles. The van der Waals surface area contributed by atoms with Crippen LogP contribution >= 0.6 is 11.6 Å². The molecular formula is C17H15ClF2N4O2. The van der Waals surface area contributed by atoms with Crippen LogP contribution in [0.1, 0.15) is 28.3 Å². The summed E-state index contributed by atoms with van der Waals surface area (Å²) in [6.07, 6.45) is 1.21. The summed E-state index contributed by atoms with van der Waals surface area (Å²) in [5.74, 6) is -2.01. The number of halogens is 3. The second kappa shape index (κ2) is 7.33. The number of amides is 2. The maximum Gasteiger partial charge on any atom is 0.254 e. The molecule has 26 heavy (non-hydrogen) atoms. The minimum atomic E-state index is -0.982. The van der Waals surface area contributed by atoms with E-state index in [1.165, 1.54) is 18.0 Å². The highest BCUT2D eigenvalue weighted by Gasteiger charge is 2.41. The topological polar surface area (TPSA) is 75.2 Å². The number of nitrogens with one attached hydrogen (secondary N) is 1. The molecular weight excluding hydrogens is 366 g/mol. The van der Waals surface area contributed by atoms with Crippen molar-refractivity contribution in [2.75, 3.05) is 18.9 Å². The Morgan fingerprint density at radius 1 is 1.35 bits per heavy atom. The third kappa shape index (κ3) is 4.13. The molecule has 1 aliphatic rings. The second-order valence-electron chi connectivity index (χ2n) is 6.02. The lowest BCUT2D eigenvalue weighted by atomic mass is 10.0. The first-order valence-electron chi connectivity index (χ1n) is 7.81. The fraction of sp³-hybridized carbons (Fsp3) is 0.294. The molecule has 1 N–H and O–H groups in total. The van der Waals surface area contributed by atoms with Gasteiger partial charge in [0.05, 0.1) is 18.9 Å². The Morgan fingerprint density at radius 3 is 2.62 bits per heavy atom. The largest absolute Gasteiger partial charge is 0.332 e. The van der Waals surface area contributed by atoms with E-state index in [-0.39, 0.29) is 18.4 Å². The SMILES string of the molecule is CN(CC(=O)Nc1ncc(F)cn1)C(=O)c1ccc(Cl)cc1C1C[C@H]1F. The number of alkyl halides is 1. The summed E-state index contributed by atoms with van der Waals surface area (Å²) in [6.45, 7) is -0.272. The zero-order chi connectivity index (χ0) is 18.8. The molecule has 0 saturated heterocycles. The molecule has 1 fully saturated rings. The molecule has 2 atom stereocenters. The van der Waals surface area contributed by atoms with Crippen LogP contribution in [-0.2, 0) is 4.79 Å². The van der Waals surface area contributed by atoms with E-state index in [0.717, 1.165) is 12.4 Å². The lowest BCUT2D eigenvalue weighted by Crippen LogP contribution is -2.35. The molecule has 1 aromatic carbocycles. The molecule has 2 amide bonds. The summed E-state index contributed by atoms with van der Waals surface area (Å²) >= 11 is 5.95. The highest BCUT2D eigenvalue weighted by atomic mass is 35.5. The lowest BCUT2D eigenvalue weighted by molar-refractivity contribution is -0.116. The van der Waals surface area contributed by atoms with E-state index in [9.17, 15) is 18.4 Å². The molecule has 1 heterocycles. The van der Waals surface area contributed by atoms with Gasteiger partial charge in [0.25, 0.3) is 5.91 Å². The second-order valence-corrected chi connectivity index (χ2v) is 6.46. The van der Waals surface area contributed by atoms with Gasteiger partial charge < -0.3 is 4.90 Å². The normalized spacial score (nSPS) is 18.3. The van der Waals surface area contributed by atoms with Crippen LogP contribution in [0.3, 0.4) is 0 Å². The fourth-order valence-corrected chi connectivity index (χ4v) is 2.74. The van der Waals surface area contributed by atoms with Gasteiger partial charge in [0.2, 0.25) is 11.9 Å². The zero-order valence-corrected chi connectivity index (χ0v) is 14.5. The van der Waals surface area contributed by atoms with Gasteiger partial charge in [0, 0.05) is 23.6 Å². The Labute approximate surface area is 153 Å². The van der Waals surface area contributed by atoms with Gasteiger partial charge in [-0.1, -0.05) is 11.6 Å². The van der Waals surface area contributed by atoms with Gasteiger partial charge >= 0.3 is 0 Å². The molecule has 3 rings (SSSR count). The van der Waals surface area contributed by atoms with Gasteiger partial charge in [-0.25, -0.2) is 18.7 Å². The predicted molar refractivity (Wildman–Crippen MR) is 91.3 cm³/mol. The van der Waals surface area contributed by atoms with Gasteiger partial charge in [-0.3, -0.25) is 14.9 Å². The summed E-state index contributed by atoms with van der Waals surface area (Å²) in [7, 11) is 1.45. The van der Waals surface area contributed by atoms with Crippen molar-refractivity contribution in [2.45, 2.75) is 18.5 Å². The Bertz CT molecular complexity index is 847. The number of carbonyl (C=O) groups is 2. The number of carbonyl (C=O) groups excluding carboxylic acids is 2. The van der Waals surface area contributed by atoms with Crippen molar-refractivity contribution in [3.05, 3.63) is 52.6 Å². The first-order chi connectivity index (χ1) is 12.3. The zero-order valence-electron chi connectivity index (χ0n) is 13.7. The van der Waals surface area contributed by atoms with Crippen LogP contribution in [-0.4, -0.2) is 46.4 Å². The van der Waals surface area contributed by atoms with Crippen molar-refractivity contribution in [1.82, 2.24) is 14.9 Å². The Morgan fingerprint density at radius 2 is 2.00 bits per heavy atom. The van der Waals surface area contributed by atoms with Crippen LogP contribution in [0.25, 0.3) is 0 Å². The number of likely N-dealkylation sites (N-methyl/N-ethyl adjacent to an activating group) is 1. The molecule has 6 nitrogen and oxygen atoms in total. The number of aromatic nitrogens is 2. The van der Waals surface area contributed by atoms with Crippen LogP contribution in [0.15, 0.2) is 30.6 Å². The smallest absolute Gasteiger partial charge is 0.254 e. The molecule has 9 heteroatoms. The summed E-state index contributed by atoms with van der Waals surface area (Å²) in [6, 6.07) is 4.66. The van der Waals surface area contributed by atoms with E-state index in [4.69, 9.17) is 11.6 Å². The van der Waals surface area contributed by atoms with Gasteiger partial charge in [-0.2, -0.15) is 0 Å². The van der Waals surface area contributed by atoms with Crippen molar-refractivity contribution in [1.29, 1.82) is 0 Å². The highest BCUT2D eigenvalue weighted by Crippen LogP contribution is 2.45. The van der Waals surface area contributed by atoms with Gasteiger partial charge in [0.1, 0.15) is 6.17 Å². The van der Waals surface area contributed by atoms with Crippen LogP contribution in [0, 0.1) is 5.82 Å². The van der Waals surface area contributed by atoms with Gasteiger partial charge in [0.15, 0.2) is 5.82 Å². The summed E-state index contributed by atoms with van der Waals surface area (Å²) in [5, 5.41) is 2.79. The average molecular weight is 381 g/mol. The summed E-state index contributed by atoms with van der Waals surface area (Å²) in [5.41, 5.74) is 0.858. The highest BCUT2D eigenvalue weighted by molar-refractivity contribution is 6.30. The van der Waals surface area contributed by atoms with Crippen LogP contribution in [0.5, 0.6) is 0 Å². The molecule has 2 aromatic rings. The molecule has 1 unspecified atom stereocenters. The van der Waals surface area contributed by atoms with Gasteiger partial charge in [-0.15, -0.1) is 0 Å². The van der Waals surface area contributed by atoms with Crippen LogP contribution in [0.2, 0.25) is 5.02 Å². The van der Waals surface area contributed by atoms with Gasteiger partial charge in [-0.05, 0) is 30.2 Å². The molecule has 0 spiro atoms. The molecule has 1 saturated carbocycles. The van der Waals surface area contributed by atoms with Crippen molar-refractivity contribution >= 4 is 29.4 Å². The minimum absolute atomic E-state index is 0.0670. The fourth-order valence-electron chi connectivity index (χ4n) is 2.55. The summed E-state index contributed by atoms with van der Waals surface area (Å²) in [4.78, 5) is 33.1. The Kier molecular flexibility index (Phi) is 5.13. The number of anilines is 1. The Hall–Kier alpha value is -2.61. The average Bonchev–Trinajstić information content (AvgIpc) is 3.33. The number of benzene rings is 1. The standard InChI is InChI=1S/C17H15ClF2N4O2/c1-24(8-15(25)23-17-21-6-10(19)7-22-17)16(26)11-3-2-9(18)4-12(11)13-5-14(13)20/h2-4,6-7,13-14H,5,8H2,1H3,(H,21,22,23,25)/t13?,14-/m1/s1. The van der Waals surface area contributed by atoms with Crippen molar-refractivity contribution in [3.63, 3.8) is 0 Å². The number of nitrogens with zero attached hydrogens (tertiary/aromatic N) is 3. The molecule has 0 aliphatic heterocycles. The molecule has 136 valence electrons. The lowest BCUT2D eigenvalue weighted by Gasteiger charge is -2.18. The molecule has 0 bridgehead atoms. The number of rotatable bonds is 5. The first kappa shape index (κ1) is 18.2. The predicted octanol–water partition coefficient (Wildman–Crippen LogP) is 2.81.